The molecule has 1 saturated carbocycles. The van der Waals surface area contributed by atoms with Crippen molar-refractivity contribution in [1.29, 1.82) is 0 Å². The summed E-state index contributed by atoms with van der Waals surface area (Å²) in [5, 5.41) is 18.2. The van der Waals surface area contributed by atoms with Crippen LogP contribution in [0.5, 0.6) is 0 Å². The highest BCUT2D eigenvalue weighted by atomic mass is 16.3. The topological polar surface area (TPSA) is 67.2 Å². The summed E-state index contributed by atoms with van der Waals surface area (Å²) in [5.74, 6) is -0.210. The molecule has 2 aliphatic rings. The van der Waals surface area contributed by atoms with E-state index in [0.29, 0.717) is 12.8 Å². The fourth-order valence-corrected chi connectivity index (χ4v) is 4.14. The summed E-state index contributed by atoms with van der Waals surface area (Å²) in [7, 11) is 0. The molecular formula is C20H25N3O2. The number of fused-ring (bicyclic) bond motifs is 1. The number of nitrogens with one attached hydrogen (secondary N) is 1. The molecule has 132 valence electrons. The number of nitrogens with zero attached hydrogens (tertiary/aromatic N) is 2. The third-order valence-corrected chi connectivity index (χ3v) is 5.60. The Balaban J connectivity index is 1.52. The van der Waals surface area contributed by atoms with Crippen LogP contribution < -0.4 is 5.32 Å². The van der Waals surface area contributed by atoms with E-state index in [4.69, 9.17) is 0 Å². The third kappa shape index (κ3) is 3.21. The van der Waals surface area contributed by atoms with Crippen LogP contribution in [0.2, 0.25) is 0 Å². The van der Waals surface area contributed by atoms with E-state index in [0.717, 1.165) is 44.2 Å². The van der Waals surface area contributed by atoms with Gasteiger partial charge < -0.3 is 10.4 Å². The van der Waals surface area contributed by atoms with Crippen LogP contribution >= 0.6 is 0 Å². The molecule has 0 bridgehead atoms. The van der Waals surface area contributed by atoms with Crippen LogP contribution in [0.15, 0.2) is 36.5 Å². The minimum Gasteiger partial charge on any atom is -0.380 e. The summed E-state index contributed by atoms with van der Waals surface area (Å²) in [5.41, 5.74) is 2.37. The van der Waals surface area contributed by atoms with Crippen molar-refractivity contribution in [1.82, 2.24) is 15.1 Å². The molecule has 1 fully saturated rings. The number of benzene rings is 1. The molecule has 1 aromatic heterocycles. The molecule has 0 spiro atoms. The van der Waals surface area contributed by atoms with Crippen molar-refractivity contribution in [2.45, 2.75) is 63.1 Å². The number of hydrogen-bond acceptors (Lipinski definition) is 3. The van der Waals surface area contributed by atoms with Gasteiger partial charge in [0.1, 0.15) is 5.60 Å². The van der Waals surface area contributed by atoms with E-state index in [1.165, 1.54) is 11.3 Å². The SMILES string of the molecule is O=C(NC1CCCc2c1cnn2Cc1ccccc1)C1(O)CCCC1. The van der Waals surface area contributed by atoms with Gasteiger partial charge in [0.2, 0.25) is 0 Å². The Kier molecular flexibility index (Phi) is 4.34. The van der Waals surface area contributed by atoms with Crippen molar-refractivity contribution in [2.24, 2.45) is 0 Å². The summed E-state index contributed by atoms with van der Waals surface area (Å²) in [6.45, 7) is 0.751. The third-order valence-electron chi connectivity index (χ3n) is 5.60. The summed E-state index contributed by atoms with van der Waals surface area (Å²) >= 11 is 0. The molecule has 2 aliphatic carbocycles. The quantitative estimate of drug-likeness (QED) is 0.900. The first-order valence-corrected chi connectivity index (χ1v) is 9.27. The zero-order valence-corrected chi connectivity index (χ0v) is 14.4. The first kappa shape index (κ1) is 16.3. The monoisotopic (exact) mass is 339 g/mol. The Morgan fingerprint density at radius 2 is 2.00 bits per heavy atom. The van der Waals surface area contributed by atoms with Gasteiger partial charge in [-0.1, -0.05) is 30.3 Å². The maximum Gasteiger partial charge on any atom is 0.252 e. The first-order valence-electron chi connectivity index (χ1n) is 9.27. The van der Waals surface area contributed by atoms with Crippen molar-refractivity contribution in [3.8, 4) is 0 Å². The van der Waals surface area contributed by atoms with E-state index in [1.807, 2.05) is 29.1 Å². The number of carbonyl (C=O) groups is 1. The lowest BCUT2D eigenvalue weighted by Gasteiger charge is -2.28. The molecule has 0 aliphatic heterocycles. The van der Waals surface area contributed by atoms with Gasteiger partial charge in [0, 0.05) is 11.3 Å². The van der Waals surface area contributed by atoms with Crippen molar-refractivity contribution in [2.75, 3.05) is 0 Å². The predicted molar refractivity (Wildman–Crippen MR) is 95.0 cm³/mol. The Bertz CT molecular complexity index is 748. The molecule has 1 amide bonds. The maximum absolute atomic E-state index is 12.6. The minimum absolute atomic E-state index is 0.0367. The predicted octanol–water partition coefficient (Wildman–Crippen LogP) is 2.73. The van der Waals surface area contributed by atoms with E-state index in [-0.39, 0.29) is 11.9 Å². The largest absolute Gasteiger partial charge is 0.380 e. The summed E-state index contributed by atoms with van der Waals surface area (Å²) < 4.78 is 2.05. The molecule has 1 heterocycles. The van der Waals surface area contributed by atoms with Crippen molar-refractivity contribution in [3.05, 3.63) is 53.3 Å². The van der Waals surface area contributed by atoms with Crippen LogP contribution in [0, 0.1) is 0 Å². The van der Waals surface area contributed by atoms with Crippen LogP contribution in [-0.4, -0.2) is 26.4 Å². The molecule has 0 saturated heterocycles. The van der Waals surface area contributed by atoms with Gasteiger partial charge in [-0.2, -0.15) is 5.10 Å². The maximum atomic E-state index is 12.6. The second-order valence-corrected chi connectivity index (χ2v) is 7.35. The summed E-state index contributed by atoms with van der Waals surface area (Å²) in [6, 6.07) is 10.3. The van der Waals surface area contributed by atoms with E-state index < -0.39 is 5.60 Å². The van der Waals surface area contributed by atoms with E-state index in [9.17, 15) is 9.90 Å². The second-order valence-electron chi connectivity index (χ2n) is 7.35. The Morgan fingerprint density at radius 1 is 1.24 bits per heavy atom. The molecule has 0 radical (unpaired) electrons. The Morgan fingerprint density at radius 3 is 2.76 bits per heavy atom. The van der Waals surface area contributed by atoms with Crippen LogP contribution in [0.3, 0.4) is 0 Å². The van der Waals surface area contributed by atoms with Crippen molar-refractivity contribution in [3.63, 3.8) is 0 Å². The minimum atomic E-state index is -1.17. The molecule has 25 heavy (non-hydrogen) atoms. The first-order chi connectivity index (χ1) is 12.2. The Hall–Kier alpha value is -2.14. The summed E-state index contributed by atoms with van der Waals surface area (Å²) in [6.07, 6.45) is 7.81. The molecule has 1 unspecified atom stereocenters. The number of aromatic nitrogens is 2. The van der Waals surface area contributed by atoms with E-state index in [2.05, 4.69) is 22.5 Å². The molecule has 2 aromatic rings. The van der Waals surface area contributed by atoms with Crippen molar-refractivity contribution >= 4 is 5.91 Å². The number of amides is 1. The van der Waals surface area contributed by atoms with E-state index >= 15 is 0 Å². The fraction of sp³-hybridized carbons (Fsp3) is 0.500. The van der Waals surface area contributed by atoms with Gasteiger partial charge in [0.25, 0.3) is 5.91 Å². The highest BCUT2D eigenvalue weighted by Gasteiger charge is 2.40. The van der Waals surface area contributed by atoms with Crippen LogP contribution in [-0.2, 0) is 17.8 Å². The lowest BCUT2D eigenvalue weighted by atomic mass is 9.91. The number of aliphatic hydroxyl groups is 1. The zero-order chi connectivity index (χ0) is 17.3. The highest BCUT2D eigenvalue weighted by molar-refractivity contribution is 5.85. The average molecular weight is 339 g/mol. The standard InChI is InChI=1S/C20H25N3O2/c24-19(20(25)11-4-5-12-20)22-17-9-6-10-18-16(17)13-21-23(18)14-15-7-2-1-3-8-15/h1-3,7-8,13,17,25H,4-6,9-12,14H2,(H,22,24). The number of rotatable bonds is 4. The molecular weight excluding hydrogens is 314 g/mol. The van der Waals surface area contributed by atoms with Crippen LogP contribution in [0.1, 0.15) is 61.4 Å². The lowest BCUT2D eigenvalue weighted by Crippen LogP contribution is -2.46. The molecule has 5 heteroatoms. The molecule has 2 N–H and O–H groups in total. The van der Waals surface area contributed by atoms with Gasteiger partial charge in [-0.05, 0) is 50.5 Å². The van der Waals surface area contributed by atoms with Gasteiger partial charge in [-0.3, -0.25) is 9.48 Å². The van der Waals surface area contributed by atoms with Gasteiger partial charge in [0.05, 0.1) is 18.8 Å². The Labute approximate surface area is 148 Å². The number of carbonyl (C=O) groups excluding carboxylic acids is 1. The lowest BCUT2D eigenvalue weighted by molar-refractivity contribution is -0.140. The normalized spacial score (nSPS) is 21.7. The smallest absolute Gasteiger partial charge is 0.252 e. The van der Waals surface area contributed by atoms with Gasteiger partial charge in [-0.25, -0.2) is 0 Å². The fourth-order valence-electron chi connectivity index (χ4n) is 4.14. The van der Waals surface area contributed by atoms with Crippen molar-refractivity contribution < 1.29 is 9.90 Å². The number of hydrogen-bond donors (Lipinski definition) is 2. The molecule has 5 nitrogen and oxygen atoms in total. The van der Waals surface area contributed by atoms with Gasteiger partial charge in [-0.15, -0.1) is 0 Å². The molecule has 1 atom stereocenters. The molecule has 4 rings (SSSR count). The van der Waals surface area contributed by atoms with E-state index in [1.54, 1.807) is 0 Å². The highest BCUT2D eigenvalue weighted by Crippen LogP contribution is 2.33. The van der Waals surface area contributed by atoms with Crippen LogP contribution in [0.25, 0.3) is 0 Å². The van der Waals surface area contributed by atoms with Gasteiger partial charge >= 0.3 is 0 Å². The second kappa shape index (κ2) is 6.64. The summed E-state index contributed by atoms with van der Waals surface area (Å²) in [4.78, 5) is 12.6. The average Bonchev–Trinajstić information content (AvgIpc) is 3.24. The zero-order valence-electron chi connectivity index (χ0n) is 14.4. The van der Waals surface area contributed by atoms with Gasteiger partial charge in [0.15, 0.2) is 0 Å². The van der Waals surface area contributed by atoms with Crippen LogP contribution in [0.4, 0.5) is 0 Å². The molecule has 1 aromatic carbocycles.